The molecule has 3 aromatic rings. The van der Waals surface area contributed by atoms with Gasteiger partial charge < -0.3 is 9.30 Å². The van der Waals surface area contributed by atoms with E-state index in [1.54, 1.807) is 19.1 Å². The molecule has 11 heteroatoms. The van der Waals surface area contributed by atoms with Crippen LogP contribution < -0.4 is 5.36 Å². The highest BCUT2D eigenvalue weighted by atomic mass is 32.2. The van der Waals surface area contributed by atoms with Gasteiger partial charge in [-0.1, -0.05) is 125 Å². The van der Waals surface area contributed by atoms with Crippen LogP contribution in [-0.2, 0) is 21.8 Å². The lowest BCUT2D eigenvalue weighted by atomic mass is 10.0. The molecule has 1 heterocycles. The predicted octanol–water partition coefficient (Wildman–Crippen LogP) is 8.84. The Labute approximate surface area is 273 Å². The van der Waals surface area contributed by atoms with Gasteiger partial charge in [-0.25, -0.2) is 13.2 Å². The van der Waals surface area contributed by atoms with Gasteiger partial charge in [-0.15, -0.1) is 0 Å². The standard InChI is InChI=1S/C35H50N4O6S/c1-4-6-7-8-9-10-11-12-13-14-15-16-17-21-26-46(43,44)38(35(40)45-5-2)36-32-28-34(29-22-19-18-20-23-29)37(3)33-25-24-30(39(41)42)27-31(32)33/h18-20,22-25,27-28H,4-17,21,26H2,1-3H3. The van der Waals surface area contributed by atoms with E-state index in [0.29, 0.717) is 27.4 Å². The third-order valence-corrected chi connectivity index (χ3v) is 9.74. The number of nitro groups is 1. The number of unbranched alkanes of at least 4 members (excludes halogenated alkanes) is 13. The van der Waals surface area contributed by atoms with Gasteiger partial charge >= 0.3 is 6.09 Å². The lowest BCUT2D eigenvalue weighted by Crippen LogP contribution is -2.36. The number of nitrogens with zero attached hydrogens (tertiary/aromatic N) is 4. The second kappa shape index (κ2) is 19.1. The Balaban J connectivity index is 1.74. The average Bonchev–Trinajstić information content (AvgIpc) is 3.04. The molecule has 0 spiro atoms. The summed E-state index contributed by atoms with van der Waals surface area (Å²) in [6.07, 6.45) is 14.8. The summed E-state index contributed by atoms with van der Waals surface area (Å²) >= 11 is 0. The van der Waals surface area contributed by atoms with Crippen molar-refractivity contribution in [2.75, 3.05) is 12.4 Å². The van der Waals surface area contributed by atoms with E-state index < -0.39 is 21.0 Å². The molecule has 1 amide bonds. The number of hydrogen-bond donors (Lipinski definition) is 0. The smallest absolute Gasteiger partial charge is 0.445 e. The van der Waals surface area contributed by atoms with Gasteiger partial charge in [0.1, 0.15) is 0 Å². The van der Waals surface area contributed by atoms with Crippen LogP contribution in [0.4, 0.5) is 10.5 Å². The molecule has 0 bridgehead atoms. The number of amides is 1. The highest BCUT2D eigenvalue weighted by Crippen LogP contribution is 2.25. The van der Waals surface area contributed by atoms with Gasteiger partial charge in [-0.3, -0.25) is 10.1 Å². The van der Waals surface area contributed by atoms with Crippen LogP contribution in [0, 0.1) is 10.1 Å². The second-order valence-electron chi connectivity index (χ2n) is 11.8. The maximum Gasteiger partial charge on any atom is 0.445 e. The largest absolute Gasteiger partial charge is 0.448 e. The van der Waals surface area contributed by atoms with Crippen molar-refractivity contribution in [3.63, 3.8) is 0 Å². The number of benzene rings is 2. The topological polar surface area (TPSA) is 124 Å². The van der Waals surface area contributed by atoms with Crippen molar-refractivity contribution >= 4 is 32.7 Å². The molecule has 0 saturated carbocycles. The van der Waals surface area contributed by atoms with Crippen LogP contribution in [0.1, 0.15) is 104 Å². The number of carbonyl (C=O) groups is 1. The van der Waals surface area contributed by atoms with E-state index in [4.69, 9.17) is 4.74 Å². The first kappa shape index (κ1) is 36.7. The van der Waals surface area contributed by atoms with Gasteiger partial charge in [0.05, 0.1) is 33.9 Å². The molecule has 0 unspecified atom stereocenters. The molecule has 0 saturated heterocycles. The number of hydrogen-bond acceptors (Lipinski definition) is 7. The van der Waals surface area contributed by atoms with E-state index in [2.05, 4.69) is 12.0 Å². The Morgan fingerprint density at radius 2 is 1.41 bits per heavy atom. The lowest BCUT2D eigenvalue weighted by molar-refractivity contribution is -0.384. The van der Waals surface area contributed by atoms with E-state index >= 15 is 0 Å². The van der Waals surface area contributed by atoms with E-state index in [1.165, 1.54) is 69.9 Å². The molecule has 0 fully saturated rings. The Hall–Kier alpha value is -3.73. The summed E-state index contributed by atoms with van der Waals surface area (Å²) in [5.41, 5.74) is 1.92. The quantitative estimate of drug-likeness (QED) is 0.0681. The predicted molar refractivity (Wildman–Crippen MR) is 184 cm³/mol. The van der Waals surface area contributed by atoms with Crippen molar-refractivity contribution < 1.29 is 22.9 Å². The fourth-order valence-corrected chi connectivity index (χ4v) is 6.83. The first-order chi connectivity index (χ1) is 22.2. The second-order valence-corrected chi connectivity index (χ2v) is 13.7. The van der Waals surface area contributed by atoms with Crippen LogP contribution in [-0.4, -0.2) is 40.8 Å². The maximum atomic E-state index is 13.5. The fraction of sp³-hybridized carbons (Fsp3) is 0.543. The van der Waals surface area contributed by atoms with E-state index in [1.807, 2.05) is 41.9 Å². The highest BCUT2D eigenvalue weighted by Gasteiger charge is 2.29. The Kier molecular flexibility index (Phi) is 15.2. The number of nitro benzene ring substituents is 1. The number of fused-ring (bicyclic) bond motifs is 1. The molecule has 252 valence electrons. The summed E-state index contributed by atoms with van der Waals surface area (Å²) in [5.74, 6) is -0.266. The van der Waals surface area contributed by atoms with E-state index in [-0.39, 0.29) is 23.4 Å². The number of rotatable bonds is 20. The van der Waals surface area contributed by atoms with Crippen LogP contribution >= 0.6 is 0 Å². The highest BCUT2D eigenvalue weighted by molar-refractivity contribution is 7.89. The summed E-state index contributed by atoms with van der Waals surface area (Å²) in [7, 11) is -2.37. The van der Waals surface area contributed by atoms with Crippen molar-refractivity contribution in [1.82, 2.24) is 8.98 Å². The third-order valence-electron chi connectivity index (χ3n) is 8.17. The van der Waals surface area contributed by atoms with Crippen molar-refractivity contribution in [1.29, 1.82) is 0 Å². The lowest BCUT2D eigenvalue weighted by Gasteiger charge is -2.18. The molecule has 0 aliphatic carbocycles. The molecule has 2 aromatic carbocycles. The first-order valence-corrected chi connectivity index (χ1v) is 18.4. The third kappa shape index (κ3) is 11.0. The molecule has 0 N–H and O–H groups in total. The zero-order valence-corrected chi connectivity index (χ0v) is 28.5. The van der Waals surface area contributed by atoms with Gasteiger partial charge in [0.2, 0.25) is 0 Å². The molecule has 0 aliphatic heterocycles. The molecule has 1 aromatic heterocycles. The van der Waals surface area contributed by atoms with Crippen LogP contribution in [0.5, 0.6) is 0 Å². The minimum Gasteiger partial charge on any atom is -0.448 e. The van der Waals surface area contributed by atoms with Gasteiger partial charge in [-0.2, -0.15) is 5.10 Å². The normalized spacial score (nSPS) is 12.0. The molecular weight excluding hydrogens is 604 g/mol. The number of carbonyl (C=O) groups excluding carboxylic acids is 1. The summed E-state index contributed by atoms with van der Waals surface area (Å²) in [4.78, 5) is 24.1. The zero-order valence-electron chi connectivity index (χ0n) is 27.7. The molecule has 3 rings (SSSR count). The van der Waals surface area contributed by atoms with Gasteiger partial charge in [0.15, 0.2) is 0 Å². The van der Waals surface area contributed by atoms with Crippen LogP contribution in [0.15, 0.2) is 59.7 Å². The van der Waals surface area contributed by atoms with Crippen molar-refractivity contribution in [3.8, 4) is 11.3 Å². The molecule has 0 aliphatic rings. The molecule has 0 atom stereocenters. The van der Waals surface area contributed by atoms with Crippen LogP contribution in [0.3, 0.4) is 0 Å². The number of aryl methyl sites for hydroxylation is 1. The minimum atomic E-state index is -4.19. The Morgan fingerprint density at radius 1 is 0.848 bits per heavy atom. The molecular formula is C35H50N4O6S. The monoisotopic (exact) mass is 654 g/mol. The maximum absolute atomic E-state index is 13.5. The van der Waals surface area contributed by atoms with E-state index in [9.17, 15) is 23.3 Å². The SMILES string of the molecule is CCCCCCCCCCCCCCCCS(=O)(=O)N(N=c1cc(-c2ccccc2)n(C)c2ccc([N+](=O)[O-])cc12)C(=O)OCC. The summed E-state index contributed by atoms with van der Waals surface area (Å²) in [6, 6.07) is 15.4. The minimum absolute atomic E-state index is 0.0372. The van der Waals surface area contributed by atoms with Gasteiger partial charge in [0.25, 0.3) is 15.7 Å². The van der Waals surface area contributed by atoms with Crippen LogP contribution in [0.25, 0.3) is 22.2 Å². The Bertz CT molecular complexity index is 1590. The average molecular weight is 655 g/mol. The summed E-state index contributed by atoms with van der Waals surface area (Å²) in [6.45, 7) is 3.79. The molecule has 10 nitrogen and oxygen atoms in total. The summed E-state index contributed by atoms with van der Waals surface area (Å²) < 4.78 is 34.4. The van der Waals surface area contributed by atoms with Crippen LogP contribution in [0.2, 0.25) is 0 Å². The Morgan fingerprint density at radius 3 is 1.96 bits per heavy atom. The fourth-order valence-electron chi connectivity index (χ4n) is 5.60. The van der Waals surface area contributed by atoms with Crippen molar-refractivity contribution in [3.05, 3.63) is 70.1 Å². The first-order valence-electron chi connectivity index (χ1n) is 16.8. The summed E-state index contributed by atoms with van der Waals surface area (Å²) in [5, 5.41) is 16.4. The number of aromatic nitrogens is 1. The van der Waals surface area contributed by atoms with Gasteiger partial charge in [0, 0.05) is 24.6 Å². The van der Waals surface area contributed by atoms with E-state index in [0.717, 1.165) is 31.2 Å². The number of pyridine rings is 1. The number of non-ortho nitro benzene ring substituents is 1. The molecule has 46 heavy (non-hydrogen) atoms. The van der Waals surface area contributed by atoms with Gasteiger partial charge in [-0.05, 0) is 31.0 Å². The number of ether oxygens (including phenoxy) is 1. The molecule has 0 radical (unpaired) electrons. The van der Waals surface area contributed by atoms with Crippen molar-refractivity contribution in [2.45, 2.75) is 104 Å². The van der Waals surface area contributed by atoms with Crippen molar-refractivity contribution in [2.24, 2.45) is 12.1 Å². The number of sulfonamides is 1. The zero-order chi connectivity index (χ0) is 33.4.